The molecule has 9 nitrogen and oxygen atoms in total. The quantitative estimate of drug-likeness (QED) is 0.460. The largest absolute Gasteiger partial charge is 0.382 e. The highest BCUT2D eigenvalue weighted by Gasteiger charge is 2.14. The number of aryl methyl sites for hydroxylation is 1. The van der Waals surface area contributed by atoms with Gasteiger partial charge in [-0.05, 0) is 19.1 Å². The number of amides is 1. The molecule has 1 amide bonds. The van der Waals surface area contributed by atoms with Gasteiger partial charge in [-0.15, -0.1) is 0 Å². The lowest BCUT2D eigenvalue weighted by molar-refractivity contribution is -0.113. The summed E-state index contributed by atoms with van der Waals surface area (Å²) in [4.78, 5) is 32.1. The number of nitrogens with zero attached hydrogens (tertiary/aromatic N) is 5. The number of para-hydroxylation sites is 2. The molecule has 0 saturated heterocycles. The van der Waals surface area contributed by atoms with Crippen molar-refractivity contribution >= 4 is 51.6 Å². The van der Waals surface area contributed by atoms with Crippen LogP contribution in [-0.2, 0) is 11.3 Å². The van der Waals surface area contributed by atoms with E-state index in [1.54, 1.807) is 0 Å². The predicted octanol–water partition coefficient (Wildman–Crippen LogP) is 2.04. The monoisotopic (exact) mass is 368 g/mol. The van der Waals surface area contributed by atoms with Gasteiger partial charge in [0, 0.05) is 6.54 Å². The molecule has 0 fully saturated rings. The van der Waals surface area contributed by atoms with Gasteiger partial charge in [-0.25, -0.2) is 19.9 Å². The van der Waals surface area contributed by atoms with E-state index in [2.05, 4.69) is 30.2 Å². The number of nitrogens with one attached hydrogen (secondary N) is 2. The molecule has 4 aromatic rings. The number of nitrogens with two attached hydrogens (primary N) is 1. The minimum absolute atomic E-state index is 0.167. The average molecular weight is 368 g/mol. The van der Waals surface area contributed by atoms with E-state index in [-0.39, 0.29) is 11.7 Å². The van der Waals surface area contributed by atoms with Crippen molar-refractivity contribution in [1.82, 2.24) is 29.5 Å². The Morgan fingerprint density at radius 1 is 1.31 bits per heavy atom. The standard InChI is InChI=1S/C16H16N8OS/c1-2-24-10-6-4-3-5-9(10)20-15(24)21-11(25)7-26-16-22-12-13(17)18-8-19-14(12)23-16/h3-6,8H,2,7H2,1H3,(H,20,21,25)(H3,17,18,19,22,23). The highest BCUT2D eigenvalue weighted by Crippen LogP contribution is 2.22. The molecule has 0 unspecified atom stereocenters. The third kappa shape index (κ3) is 2.94. The number of imidazole rings is 2. The fourth-order valence-corrected chi connectivity index (χ4v) is 3.34. The lowest BCUT2D eigenvalue weighted by Gasteiger charge is -2.07. The van der Waals surface area contributed by atoms with E-state index in [9.17, 15) is 4.79 Å². The molecule has 0 bridgehead atoms. The number of hydrogen-bond acceptors (Lipinski definition) is 7. The average Bonchev–Trinajstić information content (AvgIpc) is 3.21. The number of carbonyl (C=O) groups excluding carboxylic acids is 1. The summed E-state index contributed by atoms with van der Waals surface area (Å²) in [5.41, 5.74) is 8.67. The Bertz CT molecular complexity index is 1100. The number of fused-ring (bicyclic) bond motifs is 2. The smallest absolute Gasteiger partial charge is 0.237 e. The number of carbonyl (C=O) groups is 1. The van der Waals surface area contributed by atoms with Crippen molar-refractivity contribution in [3.63, 3.8) is 0 Å². The zero-order valence-electron chi connectivity index (χ0n) is 13.9. The van der Waals surface area contributed by atoms with Gasteiger partial charge in [0.1, 0.15) is 11.8 Å². The van der Waals surface area contributed by atoms with Crippen molar-refractivity contribution in [3.05, 3.63) is 30.6 Å². The van der Waals surface area contributed by atoms with Gasteiger partial charge in [0.05, 0.1) is 16.8 Å². The van der Waals surface area contributed by atoms with Gasteiger partial charge in [0.2, 0.25) is 11.9 Å². The number of anilines is 2. The molecule has 0 spiro atoms. The van der Waals surface area contributed by atoms with Crippen molar-refractivity contribution in [2.75, 3.05) is 16.8 Å². The molecular weight excluding hydrogens is 352 g/mol. The molecule has 10 heteroatoms. The third-order valence-electron chi connectivity index (χ3n) is 3.86. The van der Waals surface area contributed by atoms with Gasteiger partial charge in [0.25, 0.3) is 0 Å². The van der Waals surface area contributed by atoms with Crippen molar-refractivity contribution in [2.24, 2.45) is 0 Å². The topological polar surface area (TPSA) is 127 Å². The van der Waals surface area contributed by atoms with Gasteiger partial charge in [-0.3, -0.25) is 10.1 Å². The molecule has 3 heterocycles. The van der Waals surface area contributed by atoms with Crippen molar-refractivity contribution in [3.8, 4) is 0 Å². The number of nitrogen functional groups attached to an aromatic ring is 1. The maximum atomic E-state index is 12.3. The maximum Gasteiger partial charge on any atom is 0.237 e. The molecule has 4 N–H and O–H groups in total. The molecule has 0 saturated carbocycles. The molecule has 0 aliphatic carbocycles. The van der Waals surface area contributed by atoms with Crippen molar-refractivity contribution < 1.29 is 4.79 Å². The highest BCUT2D eigenvalue weighted by molar-refractivity contribution is 7.99. The summed E-state index contributed by atoms with van der Waals surface area (Å²) in [5, 5.41) is 3.43. The van der Waals surface area contributed by atoms with E-state index >= 15 is 0 Å². The lowest BCUT2D eigenvalue weighted by atomic mass is 10.3. The van der Waals surface area contributed by atoms with Crippen LogP contribution in [0.1, 0.15) is 6.92 Å². The summed E-state index contributed by atoms with van der Waals surface area (Å²) in [6, 6.07) is 7.78. The third-order valence-corrected chi connectivity index (χ3v) is 4.73. The molecule has 132 valence electrons. The number of hydrogen-bond donors (Lipinski definition) is 3. The van der Waals surface area contributed by atoms with Crippen LogP contribution in [0.5, 0.6) is 0 Å². The van der Waals surface area contributed by atoms with Gasteiger partial charge in [0.15, 0.2) is 16.6 Å². The van der Waals surface area contributed by atoms with Gasteiger partial charge in [-0.1, -0.05) is 23.9 Å². The Labute approximate surface area is 152 Å². The Balaban J connectivity index is 1.48. The number of rotatable bonds is 5. The summed E-state index contributed by atoms with van der Waals surface area (Å²) < 4.78 is 1.97. The Hall–Kier alpha value is -3.14. The normalized spacial score (nSPS) is 11.3. The van der Waals surface area contributed by atoms with Crippen LogP contribution in [0.3, 0.4) is 0 Å². The lowest BCUT2D eigenvalue weighted by Crippen LogP contribution is -2.17. The van der Waals surface area contributed by atoms with Crippen LogP contribution < -0.4 is 11.1 Å². The summed E-state index contributed by atoms with van der Waals surface area (Å²) in [5.74, 6) is 0.883. The first-order chi connectivity index (χ1) is 12.7. The molecule has 0 radical (unpaired) electrons. The number of aromatic nitrogens is 6. The molecule has 1 aromatic carbocycles. The summed E-state index contributed by atoms with van der Waals surface area (Å²) in [7, 11) is 0. The van der Waals surface area contributed by atoms with Crippen LogP contribution in [0.25, 0.3) is 22.2 Å². The number of aromatic amines is 1. The van der Waals surface area contributed by atoms with E-state index in [0.717, 1.165) is 11.0 Å². The molecule has 3 aromatic heterocycles. The summed E-state index contributed by atoms with van der Waals surface area (Å²) in [6.07, 6.45) is 1.36. The fraction of sp³-hybridized carbons (Fsp3) is 0.188. The van der Waals surface area contributed by atoms with E-state index in [1.807, 2.05) is 35.8 Å². The minimum Gasteiger partial charge on any atom is -0.382 e. The first kappa shape index (κ1) is 16.3. The predicted molar refractivity (Wildman–Crippen MR) is 101 cm³/mol. The van der Waals surface area contributed by atoms with Crippen molar-refractivity contribution in [1.29, 1.82) is 0 Å². The van der Waals surface area contributed by atoms with Crippen molar-refractivity contribution in [2.45, 2.75) is 18.6 Å². The van der Waals surface area contributed by atoms with Gasteiger partial charge < -0.3 is 15.3 Å². The van der Waals surface area contributed by atoms with E-state index in [1.165, 1.54) is 18.1 Å². The second-order valence-corrected chi connectivity index (χ2v) is 6.47. The van der Waals surface area contributed by atoms with Crippen LogP contribution >= 0.6 is 11.8 Å². The summed E-state index contributed by atoms with van der Waals surface area (Å²) >= 11 is 1.26. The Morgan fingerprint density at radius 3 is 2.96 bits per heavy atom. The number of H-pyrrole nitrogens is 1. The zero-order valence-corrected chi connectivity index (χ0v) is 14.7. The Morgan fingerprint density at radius 2 is 2.15 bits per heavy atom. The molecule has 0 atom stereocenters. The molecule has 0 aliphatic rings. The van der Waals surface area contributed by atoms with E-state index < -0.39 is 0 Å². The van der Waals surface area contributed by atoms with Crippen LogP contribution in [-0.4, -0.2) is 41.1 Å². The van der Waals surface area contributed by atoms with Crippen LogP contribution in [0.4, 0.5) is 11.8 Å². The van der Waals surface area contributed by atoms with Crippen LogP contribution in [0.15, 0.2) is 35.7 Å². The molecular formula is C16H16N8OS. The van der Waals surface area contributed by atoms with Crippen LogP contribution in [0, 0.1) is 0 Å². The molecule has 4 rings (SSSR count). The first-order valence-corrected chi connectivity index (χ1v) is 8.98. The summed E-state index contributed by atoms with van der Waals surface area (Å²) in [6.45, 7) is 2.73. The van der Waals surface area contributed by atoms with E-state index in [0.29, 0.717) is 34.6 Å². The number of benzene rings is 1. The SMILES string of the molecule is CCn1c(NC(=O)CSc2nc3ncnc(N)c3[nH]2)nc2ccccc21. The maximum absolute atomic E-state index is 12.3. The highest BCUT2D eigenvalue weighted by atomic mass is 32.2. The molecule has 26 heavy (non-hydrogen) atoms. The first-order valence-electron chi connectivity index (χ1n) is 8.00. The van der Waals surface area contributed by atoms with E-state index in [4.69, 9.17) is 5.73 Å². The molecule has 0 aliphatic heterocycles. The van der Waals surface area contributed by atoms with Gasteiger partial charge in [-0.2, -0.15) is 0 Å². The fourth-order valence-electron chi connectivity index (χ4n) is 2.68. The van der Waals surface area contributed by atoms with Gasteiger partial charge >= 0.3 is 0 Å². The Kier molecular flexibility index (Phi) is 4.17. The number of thioether (sulfide) groups is 1. The second kappa shape index (κ2) is 6.64. The zero-order chi connectivity index (χ0) is 18.1. The minimum atomic E-state index is -0.167. The second-order valence-electron chi connectivity index (χ2n) is 5.50. The van der Waals surface area contributed by atoms with Crippen LogP contribution in [0.2, 0.25) is 0 Å².